The number of benzene rings is 1. The minimum absolute atomic E-state index is 0.00805. The molecule has 1 aromatic rings. The predicted octanol–water partition coefficient (Wildman–Crippen LogP) is 1.86. The Morgan fingerprint density at radius 2 is 2.05 bits per heavy atom. The van der Waals surface area contributed by atoms with Gasteiger partial charge in [-0.15, -0.1) is 0 Å². The maximum atomic E-state index is 13.8. The van der Waals surface area contributed by atoms with Gasteiger partial charge in [-0.2, -0.15) is 4.39 Å². The van der Waals surface area contributed by atoms with Gasteiger partial charge in [-0.05, 0) is 19.3 Å². The molecule has 1 fully saturated rings. The van der Waals surface area contributed by atoms with Gasteiger partial charge in [0.05, 0.1) is 17.1 Å². The average Bonchev–Trinajstić information content (AvgIpc) is 2.35. The van der Waals surface area contributed by atoms with Crippen LogP contribution >= 0.6 is 0 Å². The Balaban J connectivity index is 2.36. The van der Waals surface area contributed by atoms with Gasteiger partial charge in [0.25, 0.3) is 5.91 Å². The van der Waals surface area contributed by atoms with Crippen LogP contribution in [-0.4, -0.2) is 40.0 Å². The molecule has 8 heteroatoms. The van der Waals surface area contributed by atoms with Crippen molar-refractivity contribution in [1.82, 2.24) is 4.90 Å². The molecule has 0 spiro atoms. The lowest BCUT2D eigenvalue weighted by Gasteiger charge is -2.37. The van der Waals surface area contributed by atoms with E-state index in [4.69, 9.17) is 5.11 Å². The van der Waals surface area contributed by atoms with Crippen LogP contribution in [0.2, 0.25) is 0 Å². The number of hydrogen-bond acceptors (Lipinski definition) is 4. The van der Waals surface area contributed by atoms with Crippen molar-refractivity contribution in [2.75, 3.05) is 13.2 Å². The fraction of sp³-hybridized carbons (Fsp3) is 0.462. The van der Waals surface area contributed by atoms with E-state index in [1.807, 2.05) is 0 Å². The van der Waals surface area contributed by atoms with E-state index in [2.05, 4.69) is 0 Å². The maximum absolute atomic E-state index is 13.8. The van der Waals surface area contributed by atoms with Crippen LogP contribution in [0.25, 0.3) is 0 Å². The summed E-state index contributed by atoms with van der Waals surface area (Å²) in [5.41, 5.74) is -1.50. The Morgan fingerprint density at radius 1 is 1.38 bits per heavy atom. The molecule has 0 aromatic heterocycles. The van der Waals surface area contributed by atoms with Crippen molar-refractivity contribution < 1.29 is 23.6 Å². The maximum Gasteiger partial charge on any atom is 0.305 e. The minimum Gasteiger partial charge on any atom is -0.395 e. The molecule has 114 valence electrons. The molecule has 0 aliphatic heterocycles. The number of aliphatic hydroxyl groups excluding tert-OH is 1. The molecule has 1 aliphatic carbocycles. The smallest absolute Gasteiger partial charge is 0.305 e. The van der Waals surface area contributed by atoms with Crippen molar-refractivity contribution in [3.05, 3.63) is 39.4 Å². The van der Waals surface area contributed by atoms with Crippen molar-refractivity contribution in [3.63, 3.8) is 0 Å². The fourth-order valence-electron chi connectivity index (χ4n) is 2.25. The van der Waals surface area contributed by atoms with E-state index in [0.717, 1.165) is 19.3 Å². The van der Waals surface area contributed by atoms with Gasteiger partial charge in [0, 0.05) is 24.7 Å². The number of nitrogens with zero attached hydrogens (tertiary/aromatic N) is 2. The second-order valence-corrected chi connectivity index (χ2v) is 4.85. The highest BCUT2D eigenvalue weighted by Crippen LogP contribution is 2.28. The van der Waals surface area contributed by atoms with E-state index < -0.39 is 33.7 Å². The molecule has 0 heterocycles. The van der Waals surface area contributed by atoms with Crippen molar-refractivity contribution >= 4 is 11.6 Å². The van der Waals surface area contributed by atoms with E-state index in [1.165, 1.54) is 4.90 Å². The number of nitro benzene ring substituents is 1. The average molecular weight is 300 g/mol. The first-order valence-corrected chi connectivity index (χ1v) is 6.51. The lowest BCUT2D eigenvalue weighted by molar-refractivity contribution is -0.387. The second-order valence-electron chi connectivity index (χ2n) is 4.85. The van der Waals surface area contributed by atoms with Crippen molar-refractivity contribution in [1.29, 1.82) is 0 Å². The summed E-state index contributed by atoms with van der Waals surface area (Å²) in [5.74, 6) is -3.24. The molecule has 1 amide bonds. The normalized spacial score (nSPS) is 14.6. The van der Waals surface area contributed by atoms with E-state index in [1.54, 1.807) is 0 Å². The van der Waals surface area contributed by atoms with Gasteiger partial charge in [-0.1, -0.05) is 0 Å². The zero-order chi connectivity index (χ0) is 15.6. The number of aliphatic hydroxyl groups is 1. The summed E-state index contributed by atoms with van der Waals surface area (Å²) in [5, 5.41) is 19.7. The van der Waals surface area contributed by atoms with Gasteiger partial charge in [0.1, 0.15) is 5.82 Å². The van der Waals surface area contributed by atoms with Crippen LogP contribution in [0.3, 0.4) is 0 Å². The van der Waals surface area contributed by atoms with Gasteiger partial charge >= 0.3 is 5.69 Å². The fourth-order valence-corrected chi connectivity index (χ4v) is 2.25. The lowest BCUT2D eigenvalue weighted by Crippen LogP contribution is -2.45. The highest BCUT2D eigenvalue weighted by Gasteiger charge is 2.32. The van der Waals surface area contributed by atoms with E-state index >= 15 is 0 Å². The monoisotopic (exact) mass is 300 g/mol. The van der Waals surface area contributed by atoms with Crippen LogP contribution in [-0.2, 0) is 0 Å². The molecule has 1 N–H and O–H groups in total. The van der Waals surface area contributed by atoms with Crippen molar-refractivity contribution in [2.24, 2.45) is 0 Å². The number of hydrogen-bond donors (Lipinski definition) is 1. The Labute approximate surface area is 119 Å². The zero-order valence-electron chi connectivity index (χ0n) is 11.1. The van der Waals surface area contributed by atoms with E-state index in [0.29, 0.717) is 12.1 Å². The SMILES string of the molecule is O=C(c1cc([N+](=O)[O-])c(F)cc1F)N(CCO)C1CCC1. The lowest BCUT2D eigenvalue weighted by atomic mass is 9.91. The first-order chi connectivity index (χ1) is 9.95. The third kappa shape index (κ3) is 2.99. The topological polar surface area (TPSA) is 83.7 Å². The Morgan fingerprint density at radius 3 is 2.52 bits per heavy atom. The number of carbonyl (C=O) groups is 1. The standard InChI is InChI=1S/C13H14F2N2O4/c14-10-7-11(15)12(17(20)21)6-9(10)13(19)16(4-5-18)8-2-1-3-8/h6-8,18H,1-5H2. The molecule has 2 rings (SSSR count). The van der Waals surface area contributed by atoms with Gasteiger partial charge < -0.3 is 10.0 Å². The largest absolute Gasteiger partial charge is 0.395 e. The van der Waals surface area contributed by atoms with Crippen LogP contribution in [0.4, 0.5) is 14.5 Å². The molecule has 0 bridgehead atoms. The summed E-state index contributed by atoms with van der Waals surface area (Å²) in [7, 11) is 0. The summed E-state index contributed by atoms with van der Waals surface area (Å²) in [6.07, 6.45) is 2.39. The number of carbonyl (C=O) groups excluding carboxylic acids is 1. The van der Waals surface area contributed by atoms with Crippen LogP contribution < -0.4 is 0 Å². The number of halogens is 2. The summed E-state index contributed by atoms with van der Waals surface area (Å²) in [6, 6.07) is 0.826. The Hall–Kier alpha value is -2.09. The number of rotatable bonds is 5. The number of nitro groups is 1. The first kappa shape index (κ1) is 15.3. The molecule has 1 aromatic carbocycles. The summed E-state index contributed by atoms with van der Waals surface area (Å²) >= 11 is 0. The molecular weight excluding hydrogens is 286 g/mol. The minimum atomic E-state index is -1.33. The van der Waals surface area contributed by atoms with Crippen LogP contribution in [0.15, 0.2) is 12.1 Å². The molecule has 1 saturated carbocycles. The molecule has 6 nitrogen and oxygen atoms in total. The second kappa shape index (κ2) is 6.13. The van der Waals surface area contributed by atoms with Crippen LogP contribution in [0.1, 0.15) is 29.6 Å². The molecule has 21 heavy (non-hydrogen) atoms. The highest BCUT2D eigenvalue weighted by atomic mass is 19.1. The quantitative estimate of drug-likeness (QED) is 0.664. The number of amides is 1. The van der Waals surface area contributed by atoms with E-state index in [-0.39, 0.29) is 19.2 Å². The van der Waals surface area contributed by atoms with Gasteiger partial charge in [-0.3, -0.25) is 14.9 Å². The molecule has 0 saturated heterocycles. The highest BCUT2D eigenvalue weighted by molar-refractivity contribution is 5.95. The molecule has 0 atom stereocenters. The predicted molar refractivity (Wildman–Crippen MR) is 68.8 cm³/mol. The van der Waals surface area contributed by atoms with Crippen molar-refractivity contribution in [2.45, 2.75) is 25.3 Å². The Kier molecular flexibility index (Phi) is 4.46. The first-order valence-electron chi connectivity index (χ1n) is 6.51. The Bertz CT molecular complexity index is 576. The third-order valence-electron chi connectivity index (χ3n) is 3.58. The molecule has 0 unspecified atom stereocenters. The van der Waals surface area contributed by atoms with Gasteiger partial charge in [0.2, 0.25) is 5.82 Å². The van der Waals surface area contributed by atoms with Gasteiger partial charge in [-0.25, -0.2) is 4.39 Å². The van der Waals surface area contributed by atoms with Crippen molar-refractivity contribution in [3.8, 4) is 0 Å². The third-order valence-corrected chi connectivity index (χ3v) is 3.58. The molecular formula is C13H14F2N2O4. The van der Waals surface area contributed by atoms with Gasteiger partial charge in [0.15, 0.2) is 0 Å². The summed E-state index contributed by atoms with van der Waals surface area (Å²) < 4.78 is 27.0. The molecule has 1 aliphatic rings. The van der Waals surface area contributed by atoms with Crippen LogP contribution in [0.5, 0.6) is 0 Å². The molecule has 0 radical (unpaired) electrons. The summed E-state index contributed by atoms with van der Waals surface area (Å²) in [6.45, 7) is -0.290. The van der Waals surface area contributed by atoms with Crippen LogP contribution in [0, 0.1) is 21.7 Å². The zero-order valence-corrected chi connectivity index (χ0v) is 11.1. The van der Waals surface area contributed by atoms with E-state index in [9.17, 15) is 23.7 Å². The summed E-state index contributed by atoms with van der Waals surface area (Å²) in [4.78, 5) is 23.3.